The molecule has 31 heavy (non-hydrogen) atoms. The van der Waals surface area contributed by atoms with E-state index in [9.17, 15) is 9.59 Å². The number of hydrazone groups is 1. The standard InChI is InChI=1S/C23H21ClN4O3/c1-14-3-8-21(29)27-10-9-26(23(30)22(14)27)13-20-25-28(15(2)31-20)19-11-17(12-19)16-4-6-18(24)7-5-16/h3-10,17,19H,2,11-13H2,1H3/t17-,19-. The van der Waals surface area contributed by atoms with Crippen LogP contribution in [0.5, 0.6) is 0 Å². The Balaban J connectivity index is 1.33. The van der Waals surface area contributed by atoms with E-state index in [-0.39, 0.29) is 23.7 Å². The summed E-state index contributed by atoms with van der Waals surface area (Å²) in [7, 11) is 0. The highest BCUT2D eigenvalue weighted by Gasteiger charge is 2.38. The van der Waals surface area contributed by atoms with Crippen molar-refractivity contribution in [2.45, 2.75) is 38.3 Å². The molecule has 0 bridgehead atoms. The summed E-state index contributed by atoms with van der Waals surface area (Å²) in [5.74, 6) is 1.33. The van der Waals surface area contributed by atoms with E-state index in [1.165, 1.54) is 20.6 Å². The molecule has 158 valence electrons. The van der Waals surface area contributed by atoms with Gasteiger partial charge in [-0.15, -0.1) is 5.10 Å². The van der Waals surface area contributed by atoms with Crippen LogP contribution in [0.4, 0.5) is 0 Å². The highest BCUT2D eigenvalue weighted by molar-refractivity contribution is 6.30. The van der Waals surface area contributed by atoms with E-state index in [0.29, 0.717) is 23.2 Å². The molecule has 0 N–H and O–H groups in total. The number of rotatable bonds is 4. The molecule has 5 rings (SSSR count). The Hall–Kier alpha value is -3.32. The number of ether oxygens (including phenoxy) is 1. The van der Waals surface area contributed by atoms with Crippen molar-refractivity contribution in [1.82, 2.24) is 14.0 Å². The molecule has 7 nitrogen and oxygen atoms in total. The third-order valence-electron chi connectivity index (χ3n) is 6.00. The van der Waals surface area contributed by atoms with Gasteiger partial charge in [0.25, 0.3) is 11.1 Å². The summed E-state index contributed by atoms with van der Waals surface area (Å²) in [6, 6.07) is 11.3. The monoisotopic (exact) mass is 436 g/mol. The molecule has 8 heteroatoms. The number of hydrogen-bond acceptors (Lipinski definition) is 5. The number of hydrogen-bond donors (Lipinski definition) is 0. The zero-order valence-electron chi connectivity index (χ0n) is 17.0. The highest BCUT2D eigenvalue weighted by Crippen LogP contribution is 2.42. The first-order valence-corrected chi connectivity index (χ1v) is 10.5. The summed E-state index contributed by atoms with van der Waals surface area (Å²) < 4.78 is 8.61. The van der Waals surface area contributed by atoms with Gasteiger partial charge in [-0.3, -0.25) is 14.0 Å². The Bertz CT molecular complexity index is 1330. The lowest BCUT2D eigenvalue weighted by Crippen LogP contribution is -2.39. The fourth-order valence-electron chi connectivity index (χ4n) is 4.22. The summed E-state index contributed by atoms with van der Waals surface area (Å²) in [6.07, 6.45) is 5.06. The van der Waals surface area contributed by atoms with Crippen LogP contribution in [0.25, 0.3) is 5.52 Å². The molecule has 0 saturated heterocycles. The predicted molar refractivity (Wildman–Crippen MR) is 119 cm³/mol. The first-order valence-electron chi connectivity index (χ1n) is 10.1. The third kappa shape index (κ3) is 3.45. The molecule has 0 spiro atoms. The molecular formula is C23H21ClN4O3. The Labute approximate surface area is 183 Å². The SMILES string of the molecule is C=C1OC(Cn2ccn3c(=O)ccc(C)c3c2=O)=NN1[C@H]1C[C@H](c2ccc(Cl)cc2)C1. The fourth-order valence-corrected chi connectivity index (χ4v) is 4.35. The molecule has 1 fully saturated rings. The fraction of sp³-hybridized carbons (Fsp3) is 0.261. The second-order valence-electron chi connectivity index (χ2n) is 8.01. The zero-order chi connectivity index (χ0) is 21.7. The van der Waals surface area contributed by atoms with E-state index in [1.807, 2.05) is 17.1 Å². The van der Waals surface area contributed by atoms with Crippen LogP contribution in [-0.4, -0.2) is 25.9 Å². The van der Waals surface area contributed by atoms with Crippen molar-refractivity contribution in [3.05, 3.63) is 98.1 Å². The summed E-state index contributed by atoms with van der Waals surface area (Å²) in [5, 5.41) is 7.11. The van der Waals surface area contributed by atoms with Crippen LogP contribution in [0.3, 0.4) is 0 Å². The molecule has 0 unspecified atom stereocenters. The van der Waals surface area contributed by atoms with Gasteiger partial charge in [0.05, 0.1) is 6.04 Å². The van der Waals surface area contributed by atoms with Crippen LogP contribution >= 0.6 is 11.6 Å². The Morgan fingerprint density at radius 1 is 1.13 bits per heavy atom. The molecule has 2 aromatic heterocycles. The van der Waals surface area contributed by atoms with Crippen LogP contribution in [0.15, 0.2) is 75.9 Å². The number of fused-ring (bicyclic) bond motifs is 1. The first kappa shape index (κ1) is 19.6. The Morgan fingerprint density at radius 2 is 1.87 bits per heavy atom. The zero-order valence-corrected chi connectivity index (χ0v) is 17.7. The predicted octanol–water partition coefficient (Wildman–Crippen LogP) is 3.49. The quantitative estimate of drug-likeness (QED) is 0.628. The maximum atomic E-state index is 12.9. The number of aromatic nitrogens is 2. The van der Waals surface area contributed by atoms with E-state index >= 15 is 0 Å². The number of pyridine rings is 1. The van der Waals surface area contributed by atoms with Gasteiger partial charge in [-0.05, 0) is 55.5 Å². The Morgan fingerprint density at radius 3 is 2.61 bits per heavy atom. The molecule has 0 radical (unpaired) electrons. The van der Waals surface area contributed by atoms with E-state index in [4.69, 9.17) is 16.3 Å². The smallest absolute Gasteiger partial charge is 0.275 e. The lowest BCUT2D eigenvalue weighted by atomic mass is 9.75. The van der Waals surface area contributed by atoms with Crippen LogP contribution in [0.2, 0.25) is 5.02 Å². The first-order chi connectivity index (χ1) is 14.9. The molecular weight excluding hydrogens is 416 g/mol. The van der Waals surface area contributed by atoms with Crippen LogP contribution < -0.4 is 11.1 Å². The van der Waals surface area contributed by atoms with Gasteiger partial charge in [0, 0.05) is 23.5 Å². The summed E-state index contributed by atoms with van der Waals surface area (Å²) in [4.78, 5) is 25.0. The largest absolute Gasteiger partial charge is 0.422 e. The minimum absolute atomic E-state index is 0.167. The summed E-state index contributed by atoms with van der Waals surface area (Å²) in [6.45, 7) is 5.95. The van der Waals surface area contributed by atoms with Crippen molar-refractivity contribution in [1.29, 1.82) is 0 Å². The van der Waals surface area contributed by atoms with Gasteiger partial charge in [-0.1, -0.05) is 29.8 Å². The molecule has 3 heterocycles. The van der Waals surface area contributed by atoms with Crippen LogP contribution in [0.1, 0.15) is 29.9 Å². The van der Waals surface area contributed by atoms with Crippen LogP contribution in [0, 0.1) is 6.92 Å². The minimum Gasteiger partial charge on any atom is -0.422 e. The lowest BCUT2D eigenvalue weighted by molar-refractivity contribution is 0.123. The molecule has 1 saturated carbocycles. The topological polar surface area (TPSA) is 68.3 Å². The molecule has 3 aromatic rings. The molecule has 1 aliphatic heterocycles. The van der Waals surface area contributed by atoms with Gasteiger partial charge in [0.1, 0.15) is 12.1 Å². The maximum absolute atomic E-state index is 12.9. The van der Waals surface area contributed by atoms with Gasteiger partial charge >= 0.3 is 0 Å². The third-order valence-corrected chi connectivity index (χ3v) is 6.26. The van der Waals surface area contributed by atoms with Gasteiger partial charge in [-0.25, -0.2) is 5.01 Å². The van der Waals surface area contributed by atoms with E-state index < -0.39 is 0 Å². The van der Waals surface area contributed by atoms with E-state index in [0.717, 1.165) is 23.4 Å². The summed E-state index contributed by atoms with van der Waals surface area (Å²) in [5.41, 5.74) is 1.86. The van der Waals surface area contributed by atoms with Gasteiger partial charge < -0.3 is 9.30 Å². The molecule has 2 aliphatic rings. The van der Waals surface area contributed by atoms with Crippen molar-refractivity contribution in [2.24, 2.45) is 5.10 Å². The van der Waals surface area contributed by atoms with Crippen molar-refractivity contribution in [3.8, 4) is 0 Å². The number of benzene rings is 1. The molecule has 1 aromatic carbocycles. The normalized spacial score (nSPS) is 20.5. The van der Waals surface area contributed by atoms with Crippen molar-refractivity contribution in [3.63, 3.8) is 0 Å². The average Bonchev–Trinajstić information content (AvgIpc) is 3.06. The number of halogens is 1. The maximum Gasteiger partial charge on any atom is 0.275 e. The molecule has 1 aliphatic carbocycles. The van der Waals surface area contributed by atoms with Crippen molar-refractivity contribution in [2.75, 3.05) is 0 Å². The van der Waals surface area contributed by atoms with Crippen molar-refractivity contribution < 1.29 is 4.74 Å². The van der Waals surface area contributed by atoms with Crippen molar-refractivity contribution >= 4 is 23.0 Å². The van der Waals surface area contributed by atoms with Gasteiger partial charge in [0.15, 0.2) is 0 Å². The average molecular weight is 437 g/mol. The van der Waals surface area contributed by atoms with E-state index in [2.05, 4.69) is 23.8 Å². The second kappa shape index (κ2) is 7.42. The molecule has 0 amide bonds. The highest BCUT2D eigenvalue weighted by atomic mass is 35.5. The second-order valence-corrected chi connectivity index (χ2v) is 8.45. The van der Waals surface area contributed by atoms with Crippen LogP contribution in [-0.2, 0) is 11.3 Å². The lowest BCUT2D eigenvalue weighted by Gasteiger charge is -2.39. The number of nitrogens with zero attached hydrogens (tertiary/aromatic N) is 4. The van der Waals surface area contributed by atoms with Gasteiger partial charge in [-0.2, -0.15) is 0 Å². The van der Waals surface area contributed by atoms with E-state index in [1.54, 1.807) is 25.4 Å². The Kier molecular flexibility index (Phi) is 4.70. The summed E-state index contributed by atoms with van der Waals surface area (Å²) >= 11 is 5.98. The van der Waals surface area contributed by atoms with Gasteiger partial charge in [0.2, 0.25) is 11.8 Å². The minimum atomic E-state index is -0.264. The molecule has 0 atom stereocenters. The number of aryl methyl sites for hydroxylation is 1.